The monoisotopic (exact) mass is 449 g/mol. The third kappa shape index (κ3) is 4.58. The molecule has 1 amide bonds. The fraction of sp³-hybridized carbons (Fsp3) is 0.0500. The van der Waals surface area contributed by atoms with E-state index in [9.17, 15) is 4.79 Å². The Hall–Kier alpha value is -2.01. The number of hydrogen-bond acceptors (Lipinski definition) is 2. The van der Waals surface area contributed by atoms with E-state index in [0.29, 0.717) is 21.6 Å². The molecule has 0 radical (unpaired) electrons. The van der Waals surface area contributed by atoms with Gasteiger partial charge >= 0.3 is 0 Å². The molecule has 6 heteroatoms. The summed E-state index contributed by atoms with van der Waals surface area (Å²) in [5.41, 5.74) is 2.52. The van der Waals surface area contributed by atoms with Crippen molar-refractivity contribution in [3.8, 4) is 11.3 Å². The van der Waals surface area contributed by atoms with Gasteiger partial charge in [-0.25, -0.2) is 0 Å². The molecule has 0 aliphatic carbocycles. The molecule has 3 aromatic rings. The summed E-state index contributed by atoms with van der Waals surface area (Å²) in [6.45, 7) is 1.96. The second kappa shape index (κ2) is 8.12. The summed E-state index contributed by atoms with van der Waals surface area (Å²) in [5.74, 6) is 0.914. The van der Waals surface area contributed by atoms with Crippen LogP contribution >= 0.6 is 39.1 Å². The van der Waals surface area contributed by atoms with E-state index in [0.717, 1.165) is 21.3 Å². The molecular formula is C20H14BrCl2NO2. The Balaban J connectivity index is 1.70. The number of anilines is 1. The van der Waals surface area contributed by atoms with Crippen LogP contribution in [0, 0.1) is 6.92 Å². The van der Waals surface area contributed by atoms with Gasteiger partial charge in [-0.2, -0.15) is 0 Å². The molecule has 0 spiro atoms. The minimum atomic E-state index is -0.241. The Kier molecular flexibility index (Phi) is 5.87. The first-order valence-corrected chi connectivity index (χ1v) is 9.28. The van der Waals surface area contributed by atoms with Gasteiger partial charge in [0.15, 0.2) is 0 Å². The largest absolute Gasteiger partial charge is 0.457 e. The molecule has 0 fully saturated rings. The fourth-order valence-corrected chi connectivity index (χ4v) is 3.09. The third-order valence-electron chi connectivity index (χ3n) is 3.65. The second-order valence-electron chi connectivity index (χ2n) is 5.61. The van der Waals surface area contributed by atoms with Gasteiger partial charge in [0.2, 0.25) is 5.91 Å². The fourth-order valence-electron chi connectivity index (χ4n) is 2.34. The molecule has 1 heterocycles. The topological polar surface area (TPSA) is 42.2 Å². The van der Waals surface area contributed by atoms with Crippen molar-refractivity contribution >= 4 is 56.8 Å². The number of nitrogens with one attached hydrogen (secondary N) is 1. The molecule has 26 heavy (non-hydrogen) atoms. The van der Waals surface area contributed by atoms with Gasteiger partial charge in [-0.3, -0.25) is 4.79 Å². The molecule has 0 saturated heterocycles. The highest BCUT2D eigenvalue weighted by Crippen LogP contribution is 2.31. The summed E-state index contributed by atoms with van der Waals surface area (Å²) in [5, 5.41) is 3.88. The van der Waals surface area contributed by atoms with Crippen LogP contribution in [0.3, 0.4) is 0 Å². The van der Waals surface area contributed by atoms with Gasteiger partial charge in [0, 0.05) is 26.8 Å². The van der Waals surface area contributed by atoms with E-state index in [2.05, 4.69) is 21.2 Å². The van der Waals surface area contributed by atoms with Gasteiger partial charge in [-0.15, -0.1) is 0 Å². The lowest BCUT2D eigenvalue weighted by Gasteiger charge is -2.04. The number of carbonyl (C=O) groups is 1. The molecular weight excluding hydrogens is 437 g/mol. The maximum absolute atomic E-state index is 12.1. The van der Waals surface area contributed by atoms with Crippen molar-refractivity contribution < 1.29 is 9.21 Å². The molecule has 2 aromatic carbocycles. The Morgan fingerprint density at radius 3 is 2.65 bits per heavy atom. The molecule has 3 rings (SSSR count). The second-order valence-corrected chi connectivity index (χ2v) is 7.31. The Labute approximate surface area is 169 Å². The van der Waals surface area contributed by atoms with Crippen LogP contribution in [0.25, 0.3) is 17.4 Å². The number of halogens is 3. The summed E-state index contributed by atoms with van der Waals surface area (Å²) in [4.78, 5) is 12.1. The first kappa shape index (κ1) is 18.8. The van der Waals surface area contributed by atoms with Gasteiger partial charge in [0.05, 0.1) is 5.02 Å². The molecule has 1 N–H and O–H groups in total. The zero-order valence-electron chi connectivity index (χ0n) is 13.7. The van der Waals surface area contributed by atoms with Crippen molar-refractivity contribution in [3.63, 3.8) is 0 Å². The van der Waals surface area contributed by atoms with Crippen molar-refractivity contribution in [3.05, 3.63) is 80.4 Å². The minimum absolute atomic E-state index is 0.241. The van der Waals surface area contributed by atoms with E-state index in [1.807, 2.05) is 25.1 Å². The van der Waals surface area contributed by atoms with Crippen LogP contribution in [0.4, 0.5) is 5.69 Å². The maximum atomic E-state index is 12.1. The van der Waals surface area contributed by atoms with Gasteiger partial charge in [-0.1, -0.05) is 39.1 Å². The third-order valence-corrected chi connectivity index (χ3v) is 5.09. The highest BCUT2D eigenvalue weighted by Gasteiger charge is 2.08. The van der Waals surface area contributed by atoms with E-state index in [1.165, 1.54) is 6.08 Å². The van der Waals surface area contributed by atoms with Crippen molar-refractivity contribution in [1.82, 2.24) is 0 Å². The van der Waals surface area contributed by atoms with E-state index >= 15 is 0 Å². The molecule has 0 unspecified atom stereocenters. The van der Waals surface area contributed by atoms with Crippen LogP contribution in [0.1, 0.15) is 11.3 Å². The van der Waals surface area contributed by atoms with Crippen molar-refractivity contribution in [2.75, 3.05) is 5.32 Å². The Morgan fingerprint density at radius 2 is 1.92 bits per heavy atom. The zero-order chi connectivity index (χ0) is 18.7. The molecule has 0 aliphatic rings. The number of hydrogen-bond donors (Lipinski definition) is 1. The van der Waals surface area contributed by atoms with Crippen LogP contribution in [0.2, 0.25) is 10.0 Å². The van der Waals surface area contributed by atoms with Crippen LogP contribution in [-0.4, -0.2) is 5.91 Å². The number of furan rings is 1. The van der Waals surface area contributed by atoms with Crippen LogP contribution in [-0.2, 0) is 4.79 Å². The summed E-state index contributed by atoms with van der Waals surface area (Å²) in [7, 11) is 0. The summed E-state index contributed by atoms with van der Waals surface area (Å²) < 4.78 is 6.72. The highest BCUT2D eigenvalue weighted by atomic mass is 79.9. The first-order valence-electron chi connectivity index (χ1n) is 7.73. The molecule has 3 nitrogen and oxygen atoms in total. The van der Waals surface area contributed by atoms with E-state index < -0.39 is 0 Å². The minimum Gasteiger partial charge on any atom is -0.457 e. The zero-order valence-corrected chi connectivity index (χ0v) is 16.8. The SMILES string of the molecule is Cc1cc(NC(=O)/C=C/c2ccc(-c3ccc(Cl)cc3Cl)o2)ccc1Br. The van der Waals surface area contributed by atoms with E-state index in [4.69, 9.17) is 27.6 Å². The van der Waals surface area contributed by atoms with Crippen molar-refractivity contribution in [1.29, 1.82) is 0 Å². The van der Waals surface area contributed by atoms with Crippen LogP contribution in [0.15, 0.2) is 63.5 Å². The first-order chi connectivity index (χ1) is 12.4. The van der Waals surface area contributed by atoms with Crippen molar-refractivity contribution in [2.24, 2.45) is 0 Å². The predicted molar refractivity (Wildman–Crippen MR) is 111 cm³/mol. The average Bonchev–Trinajstić information content (AvgIpc) is 3.05. The summed E-state index contributed by atoms with van der Waals surface area (Å²) in [6, 6.07) is 14.4. The van der Waals surface area contributed by atoms with Crippen LogP contribution in [0.5, 0.6) is 0 Å². The summed E-state index contributed by atoms with van der Waals surface area (Å²) >= 11 is 15.5. The van der Waals surface area contributed by atoms with Gasteiger partial charge in [0.25, 0.3) is 0 Å². The number of rotatable bonds is 4. The molecule has 0 saturated carbocycles. The number of carbonyl (C=O) groups excluding carboxylic acids is 1. The predicted octanol–water partition coefficient (Wildman–Crippen LogP) is 6.98. The van der Waals surface area contributed by atoms with Gasteiger partial charge in [0.1, 0.15) is 11.5 Å². The number of amides is 1. The molecule has 132 valence electrons. The number of aryl methyl sites for hydroxylation is 1. The van der Waals surface area contributed by atoms with E-state index in [1.54, 1.807) is 36.4 Å². The standard InChI is InChI=1S/C20H14BrCl2NO2/c1-12-10-14(3-7-17(12)21)24-20(25)9-5-15-4-8-19(26-15)16-6-2-13(22)11-18(16)23/h2-11H,1H3,(H,24,25)/b9-5+. The molecule has 0 atom stereocenters. The normalized spacial score (nSPS) is 11.1. The maximum Gasteiger partial charge on any atom is 0.248 e. The number of benzene rings is 2. The quantitative estimate of drug-likeness (QED) is 0.435. The lowest BCUT2D eigenvalue weighted by Crippen LogP contribution is -2.07. The lowest BCUT2D eigenvalue weighted by atomic mass is 10.2. The van der Waals surface area contributed by atoms with Gasteiger partial charge in [-0.05, 0) is 67.1 Å². The Morgan fingerprint density at radius 1 is 1.12 bits per heavy atom. The smallest absolute Gasteiger partial charge is 0.248 e. The summed E-state index contributed by atoms with van der Waals surface area (Å²) in [6.07, 6.45) is 3.03. The lowest BCUT2D eigenvalue weighted by molar-refractivity contribution is -0.111. The van der Waals surface area contributed by atoms with E-state index in [-0.39, 0.29) is 5.91 Å². The average molecular weight is 451 g/mol. The van der Waals surface area contributed by atoms with Gasteiger partial charge < -0.3 is 9.73 Å². The molecule has 0 bridgehead atoms. The molecule has 0 aliphatic heterocycles. The molecule has 1 aromatic heterocycles. The van der Waals surface area contributed by atoms with Crippen molar-refractivity contribution in [2.45, 2.75) is 6.92 Å². The van der Waals surface area contributed by atoms with Crippen LogP contribution < -0.4 is 5.32 Å². The Bertz CT molecular complexity index is 995. The highest BCUT2D eigenvalue weighted by molar-refractivity contribution is 9.10.